The van der Waals surface area contributed by atoms with Gasteiger partial charge in [0.25, 0.3) is 0 Å². The Labute approximate surface area is 62.8 Å². The second-order valence-electron chi connectivity index (χ2n) is 1.84. The van der Waals surface area contributed by atoms with E-state index in [2.05, 4.69) is 9.72 Å². The largest absolute Gasteiger partial charge is 0.481 e. The lowest BCUT2D eigenvalue weighted by molar-refractivity contribution is 0.111. The third-order valence-corrected chi connectivity index (χ3v) is 1.17. The number of aromatic nitrogens is 1. The molecule has 0 fully saturated rings. The third-order valence-electron chi connectivity index (χ3n) is 1.17. The SMILES string of the molecule is COc1ccc(F)c(C=O)n1. The molecule has 0 saturated heterocycles. The number of hydrogen-bond acceptors (Lipinski definition) is 3. The van der Waals surface area contributed by atoms with Gasteiger partial charge in [0.15, 0.2) is 12.1 Å². The summed E-state index contributed by atoms with van der Waals surface area (Å²) < 4.78 is 17.2. The van der Waals surface area contributed by atoms with Crippen LogP contribution in [0.1, 0.15) is 10.5 Å². The van der Waals surface area contributed by atoms with Crippen LogP contribution in [0.2, 0.25) is 0 Å². The van der Waals surface area contributed by atoms with Gasteiger partial charge in [-0.15, -0.1) is 0 Å². The molecular weight excluding hydrogens is 149 g/mol. The summed E-state index contributed by atoms with van der Waals surface area (Å²) in [4.78, 5) is 13.7. The van der Waals surface area contributed by atoms with Crippen LogP contribution >= 0.6 is 0 Å². The van der Waals surface area contributed by atoms with Crippen LogP contribution in [0.25, 0.3) is 0 Å². The Hall–Kier alpha value is -1.45. The third kappa shape index (κ3) is 1.52. The predicted molar refractivity (Wildman–Crippen MR) is 36.1 cm³/mol. The van der Waals surface area contributed by atoms with E-state index in [1.165, 1.54) is 13.2 Å². The quantitative estimate of drug-likeness (QED) is 0.599. The van der Waals surface area contributed by atoms with Crippen LogP contribution in [-0.4, -0.2) is 18.4 Å². The lowest BCUT2D eigenvalue weighted by atomic mass is 10.3. The summed E-state index contributed by atoms with van der Waals surface area (Å²) in [6.45, 7) is 0. The summed E-state index contributed by atoms with van der Waals surface area (Å²) in [7, 11) is 1.40. The van der Waals surface area contributed by atoms with Gasteiger partial charge in [0.1, 0.15) is 5.69 Å². The fraction of sp³-hybridized carbons (Fsp3) is 0.143. The highest BCUT2D eigenvalue weighted by Crippen LogP contribution is 2.08. The van der Waals surface area contributed by atoms with Crippen molar-refractivity contribution in [2.45, 2.75) is 0 Å². The molecule has 0 spiro atoms. The number of halogens is 1. The van der Waals surface area contributed by atoms with Crippen molar-refractivity contribution >= 4 is 6.29 Å². The van der Waals surface area contributed by atoms with E-state index < -0.39 is 5.82 Å². The molecule has 58 valence electrons. The van der Waals surface area contributed by atoms with Gasteiger partial charge in [0, 0.05) is 6.07 Å². The number of methoxy groups -OCH3 is 1. The summed E-state index contributed by atoms with van der Waals surface area (Å²) in [6, 6.07) is 2.48. The molecule has 1 aromatic heterocycles. The lowest BCUT2D eigenvalue weighted by Crippen LogP contribution is -1.95. The fourth-order valence-corrected chi connectivity index (χ4v) is 0.636. The van der Waals surface area contributed by atoms with E-state index in [1.54, 1.807) is 0 Å². The molecule has 11 heavy (non-hydrogen) atoms. The summed E-state index contributed by atoms with van der Waals surface area (Å²) in [6.07, 6.45) is 0.345. The highest BCUT2D eigenvalue weighted by atomic mass is 19.1. The molecule has 0 N–H and O–H groups in total. The Kier molecular flexibility index (Phi) is 2.15. The molecule has 0 saturated carbocycles. The Balaban J connectivity index is 3.12. The molecule has 0 atom stereocenters. The minimum absolute atomic E-state index is 0.230. The summed E-state index contributed by atoms with van der Waals surface area (Å²) in [5.41, 5.74) is -0.232. The van der Waals surface area contributed by atoms with Crippen LogP contribution in [0.4, 0.5) is 4.39 Å². The molecule has 0 bridgehead atoms. The van der Waals surface area contributed by atoms with E-state index in [0.717, 1.165) is 6.07 Å². The molecule has 0 aliphatic carbocycles. The summed E-state index contributed by atoms with van der Waals surface area (Å²) in [5.74, 6) is -0.408. The first-order chi connectivity index (χ1) is 5.27. The molecule has 1 aromatic rings. The van der Waals surface area contributed by atoms with E-state index in [9.17, 15) is 9.18 Å². The van der Waals surface area contributed by atoms with Crippen molar-refractivity contribution in [1.82, 2.24) is 4.98 Å². The molecule has 1 rings (SSSR count). The molecule has 0 aliphatic rings. The lowest BCUT2D eigenvalue weighted by Gasteiger charge is -1.98. The Morgan fingerprint density at radius 2 is 2.36 bits per heavy atom. The first-order valence-electron chi connectivity index (χ1n) is 2.93. The van der Waals surface area contributed by atoms with Gasteiger partial charge < -0.3 is 4.74 Å². The number of carbonyl (C=O) groups is 1. The molecule has 1 heterocycles. The maximum Gasteiger partial charge on any atom is 0.213 e. The first kappa shape index (κ1) is 7.65. The van der Waals surface area contributed by atoms with Crippen molar-refractivity contribution in [2.75, 3.05) is 7.11 Å². The number of carbonyl (C=O) groups excluding carboxylic acids is 1. The Morgan fingerprint density at radius 1 is 1.64 bits per heavy atom. The van der Waals surface area contributed by atoms with E-state index in [0.29, 0.717) is 6.29 Å². The zero-order valence-corrected chi connectivity index (χ0v) is 5.87. The second-order valence-corrected chi connectivity index (χ2v) is 1.84. The average molecular weight is 155 g/mol. The van der Waals surface area contributed by atoms with E-state index in [4.69, 9.17) is 0 Å². The van der Waals surface area contributed by atoms with E-state index in [1.807, 2.05) is 0 Å². The van der Waals surface area contributed by atoms with Gasteiger partial charge in [-0.1, -0.05) is 0 Å². The minimum atomic E-state index is -0.638. The van der Waals surface area contributed by atoms with Gasteiger partial charge in [-0.3, -0.25) is 4.79 Å². The monoisotopic (exact) mass is 155 g/mol. The standard InChI is InChI=1S/C7H6FNO2/c1-11-7-3-2-5(8)6(4-10)9-7/h2-4H,1H3. The van der Waals surface area contributed by atoms with Crippen LogP contribution in [0.15, 0.2) is 12.1 Å². The summed E-state index contributed by atoms with van der Waals surface area (Å²) >= 11 is 0. The topological polar surface area (TPSA) is 39.2 Å². The number of pyridine rings is 1. The second kappa shape index (κ2) is 3.09. The maximum absolute atomic E-state index is 12.6. The number of nitrogens with zero attached hydrogens (tertiary/aromatic N) is 1. The molecule has 0 aliphatic heterocycles. The van der Waals surface area contributed by atoms with Crippen molar-refractivity contribution < 1.29 is 13.9 Å². The molecule has 0 aromatic carbocycles. The van der Waals surface area contributed by atoms with Gasteiger partial charge in [-0.2, -0.15) is 0 Å². The zero-order chi connectivity index (χ0) is 8.27. The maximum atomic E-state index is 12.6. The van der Waals surface area contributed by atoms with Crippen LogP contribution < -0.4 is 4.74 Å². The van der Waals surface area contributed by atoms with Gasteiger partial charge in [-0.05, 0) is 6.07 Å². The normalized spacial score (nSPS) is 9.27. The molecule has 0 amide bonds. The van der Waals surface area contributed by atoms with Crippen LogP contribution in [0.3, 0.4) is 0 Å². The van der Waals surface area contributed by atoms with Gasteiger partial charge in [-0.25, -0.2) is 9.37 Å². The van der Waals surface area contributed by atoms with Crippen LogP contribution in [0.5, 0.6) is 5.88 Å². The predicted octanol–water partition coefficient (Wildman–Crippen LogP) is 1.04. The van der Waals surface area contributed by atoms with Crippen molar-refractivity contribution in [3.05, 3.63) is 23.6 Å². The minimum Gasteiger partial charge on any atom is -0.481 e. The number of rotatable bonds is 2. The van der Waals surface area contributed by atoms with Crippen LogP contribution in [0, 0.1) is 5.82 Å². The Bertz CT molecular complexity index is 275. The molecule has 0 unspecified atom stereocenters. The van der Waals surface area contributed by atoms with Crippen molar-refractivity contribution in [1.29, 1.82) is 0 Å². The van der Waals surface area contributed by atoms with Crippen molar-refractivity contribution in [2.24, 2.45) is 0 Å². The van der Waals surface area contributed by atoms with E-state index >= 15 is 0 Å². The molecular formula is C7H6FNO2. The zero-order valence-electron chi connectivity index (χ0n) is 5.87. The number of aldehydes is 1. The fourth-order valence-electron chi connectivity index (χ4n) is 0.636. The van der Waals surface area contributed by atoms with Crippen molar-refractivity contribution in [3.63, 3.8) is 0 Å². The van der Waals surface area contributed by atoms with Gasteiger partial charge in [0.05, 0.1) is 7.11 Å². The smallest absolute Gasteiger partial charge is 0.213 e. The molecule has 3 nitrogen and oxygen atoms in total. The van der Waals surface area contributed by atoms with Gasteiger partial charge >= 0.3 is 0 Å². The Morgan fingerprint density at radius 3 is 2.91 bits per heavy atom. The highest BCUT2D eigenvalue weighted by Gasteiger charge is 2.02. The van der Waals surface area contributed by atoms with Crippen LogP contribution in [-0.2, 0) is 0 Å². The number of ether oxygens (including phenoxy) is 1. The summed E-state index contributed by atoms with van der Waals surface area (Å²) in [5, 5.41) is 0. The van der Waals surface area contributed by atoms with Gasteiger partial charge in [0.2, 0.25) is 5.88 Å². The highest BCUT2D eigenvalue weighted by molar-refractivity contribution is 5.72. The molecule has 0 radical (unpaired) electrons. The first-order valence-corrected chi connectivity index (χ1v) is 2.93. The van der Waals surface area contributed by atoms with Crippen molar-refractivity contribution in [3.8, 4) is 5.88 Å². The number of hydrogen-bond donors (Lipinski definition) is 0. The van der Waals surface area contributed by atoms with E-state index in [-0.39, 0.29) is 11.6 Å². The molecule has 4 heteroatoms. The average Bonchev–Trinajstić information content (AvgIpc) is 2.05.